The van der Waals surface area contributed by atoms with Gasteiger partial charge in [-0.3, -0.25) is 0 Å². The molecule has 0 radical (unpaired) electrons. The number of ether oxygens (including phenoxy) is 1. The third kappa shape index (κ3) is 5.70. The van der Waals surface area contributed by atoms with Crippen molar-refractivity contribution in [3.8, 4) is 5.75 Å². The van der Waals surface area contributed by atoms with Crippen LogP contribution in [-0.4, -0.2) is 36.6 Å². The monoisotopic (exact) mass is 418 g/mol. The van der Waals surface area contributed by atoms with Gasteiger partial charge >= 0.3 is 0 Å². The number of piperidine rings is 1. The average Bonchev–Trinajstić information content (AvgIpc) is 3.06. The minimum atomic E-state index is 0. The van der Waals surface area contributed by atoms with Crippen molar-refractivity contribution in [1.29, 1.82) is 0 Å². The van der Waals surface area contributed by atoms with Gasteiger partial charge < -0.3 is 14.6 Å². The molecule has 1 aliphatic heterocycles. The Morgan fingerprint density at radius 1 is 1.00 bits per heavy atom. The molecule has 1 aromatic heterocycles. The second-order valence-corrected chi connectivity index (χ2v) is 9.26. The smallest absolute Gasteiger partial charge is 0.119 e. The van der Waals surface area contributed by atoms with E-state index < -0.39 is 0 Å². The SMILES string of the molecule is COc1ccc2[nH]c(C)c(CCN3CCC(CCC4CCCCC4)CC3)c2c1.Cl. The van der Waals surface area contributed by atoms with Crippen LogP contribution in [0, 0.1) is 18.8 Å². The third-order valence-electron chi connectivity index (χ3n) is 7.42. The largest absolute Gasteiger partial charge is 0.497 e. The first-order valence-corrected chi connectivity index (χ1v) is 11.6. The fourth-order valence-electron chi connectivity index (χ4n) is 5.53. The van der Waals surface area contributed by atoms with E-state index in [-0.39, 0.29) is 12.4 Å². The lowest BCUT2D eigenvalue weighted by atomic mass is 9.82. The number of halogens is 1. The number of benzene rings is 1. The highest BCUT2D eigenvalue weighted by atomic mass is 35.5. The van der Waals surface area contributed by atoms with Crippen molar-refractivity contribution in [3.05, 3.63) is 29.5 Å². The second-order valence-electron chi connectivity index (χ2n) is 9.26. The molecular weight excluding hydrogens is 380 g/mol. The summed E-state index contributed by atoms with van der Waals surface area (Å²) in [6.07, 6.45) is 14.4. The number of methoxy groups -OCH3 is 1. The van der Waals surface area contributed by atoms with Gasteiger partial charge in [0.05, 0.1) is 7.11 Å². The van der Waals surface area contributed by atoms with Crippen molar-refractivity contribution < 1.29 is 4.74 Å². The highest BCUT2D eigenvalue weighted by Gasteiger charge is 2.21. The van der Waals surface area contributed by atoms with E-state index in [0.717, 1.165) is 24.0 Å². The van der Waals surface area contributed by atoms with Crippen molar-refractivity contribution in [2.75, 3.05) is 26.7 Å². The lowest BCUT2D eigenvalue weighted by molar-refractivity contribution is 0.172. The number of aryl methyl sites for hydroxylation is 1. The number of hydrogen-bond donors (Lipinski definition) is 1. The molecule has 0 unspecified atom stereocenters. The zero-order chi connectivity index (χ0) is 19.3. The van der Waals surface area contributed by atoms with Crippen LogP contribution in [0.25, 0.3) is 10.9 Å². The summed E-state index contributed by atoms with van der Waals surface area (Å²) in [4.78, 5) is 6.24. The molecule has 29 heavy (non-hydrogen) atoms. The third-order valence-corrected chi connectivity index (χ3v) is 7.42. The first kappa shape index (κ1) is 22.5. The van der Waals surface area contributed by atoms with Gasteiger partial charge in [0.2, 0.25) is 0 Å². The van der Waals surface area contributed by atoms with E-state index in [1.807, 2.05) is 6.07 Å². The molecule has 0 amide bonds. The maximum Gasteiger partial charge on any atom is 0.119 e. The number of fused-ring (bicyclic) bond motifs is 1. The Kier molecular flexibility index (Phi) is 8.32. The summed E-state index contributed by atoms with van der Waals surface area (Å²) >= 11 is 0. The molecule has 1 saturated carbocycles. The second kappa shape index (κ2) is 10.7. The summed E-state index contributed by atoms with van der Waals surface area (Å²) < 4.78 is 5.44. The minimum absolute atomic E-state index is 0. The van der Waals surface area contributed by atoms with Gasteiger partial charge in [-0.1, -0.05) is 44.9 Å². The van der Waals surface area contributed by atoms with Crippen LogP contribution in [0.4, 0.5) is 0 Å². The quantitative estimate of drug-likeness (QED) is 0.554. The number of nitrogens with one attached hydrogen (secondary N) is 1. The van der Waals surface area contributed by atoms with Crippen molar-refractivity contribution in [2.24, 2.45) is 11.8 Å². The molecule has 4 heteroatoms. The predicted molar refractivity (Wildman–Crippen MR) is 126 cm³/mol. The average molecular weight is 419 g/mol. The topological polar surface area (TPSA) is 28.3 Å². The molecule has 162 valence electrons. The van der Waals surface area contributed by atoms with Gasteiger partial charge in [-0.25, -0.2) is 0 Å². The highest BCUT2D eigenvalue weighted by molar-refractivity contribution is 5.86. The van der Waals surface area contributed by atoms with Crippen LogP contribution in [0.15, 0.2) is 18.2 Å². The molecular formula is C25H39ClN2O. The maximum absolute atomic E-state index is 5.44. The predicted octanol–water partition coefficient (Wildman–Crippen LogP) is 6.52. The number of nitrogens with zero attached hydrogens (tertiary/aromatic N) is 1. The lowest BCUT2D eigenvalue weighted by Gasteiger charge is -2.33. The van der Waals surface area contributed by atoms with Crippen LogP contribution in [0.1, 0.15) is 69.0 Å². The summed E-state index contributed by atoms with van der Waals surface area (Å²) in [7, 11) is 1.75. The summed E-state index contributed by atoms with van der Waals surface area (Å²) in [6, 6.07) is 6.37. The molecule has 1 aromatic carbocycles. The Labute approximate surface area is 183 Å². The van der Waals surface area contributed by atoms with Crippen molar-refractivity contribution >= 4 is 23.3 Å². The first-order chi connectivity index (χ1) is 13.7. The summed E-state index contributed by atoms with van der Waals surface area (Å²) in [6.45, 7) is 5.97. The molecule has 4 rings (SSSR count). The molecule has 1 saturated heterocycles. The van der Waals surface area contributed by atoms with E-state index in [4.69, 9.17) is 4.74 Å². The normalized spacial score (nSPS) is 19.4. The van der Waals surface area contributed by atoms with Gasteiger partial charge in [-0.2, -0.15) is 0 Å². The van der Waals surface area contributed by atoms with Gasteiger partial charge in [-0.15, -0.1) is 12.4 Å². The standard InChI is InChI=1S/C25H38N2O.ClH/c1-19-23(24-18-22(28-2)10-11-25(24)26-19)14-17-27-15-12-21(13-16-27)9-8-20-6-4-3-5-7-20;/h10-11,18,20-21,26H,3-9,12-17H2,1-2H3;1H. The van der Waals surface area contributed by atoms with Gasteiger partial charge in [0.25, 0.3) is 0 Å². The molecule has 2 fully saturated rings. The van der Waals surface area contributed by atoms with E-state index in [1.165, 1.54) is 99.6 Å². The molecule has 3 nitrogen and oxygen atoms in total. The van der Waals surface area contributed by atoms with E-state index in [9.17, 15) is 0 Å². The zero-order valence-electron chi connectivity index (χ0n) is 18.3. The van der Waals surface area contributed by atoms with E-state index in [1.54, 1.807) is 7.11 Å². The van der Waals surface area contributed by atoms with Gasteiger partial charge in [-0.05, 0) is 74.9 Å². The van der Waals surface area contributed by atoms with E-state index in [2.05, 4.69) is 28.9 Å². The Balaban J connectivity index is 0.00000240. The van der Waals surface area contributed by atoms with Crippen molar-refractivity contribution in [3.63, 3.8) is 0 Å². The maximum atomic E-state index is 5.44. The molecule has 0 bridgehead atoms. The number of likely N-dealkylation sites (tertiary alicyclic amines) is 1. The van der Waals surface area contributed by atoms with Crippen molar-refractivity contribution in [1.82, 2.24) is 9.88 Å². The van der Waals surface area contributed by atoms with E-state index in [0.29, 0.717) is 0 Å². The number of aromatic nitrogens is 1. The van der Waals surface area contributed by atoms with Crippen molar-refractivity contribution in [2.45, 2.75) is 71.1 Å². The van der Waals surface area contributed by atoms with Gasteiger partial charge in [0, 0.05) is 23.1 Å². The highest BCUT2D eigenvalue weighted by Crippen LogP contribution is 2.32. The summed E-state index contributed by atoms with van der Waals surface area (Å²) in [5, 5.41) is 1.33. The van der Waals surface area contributed by atoms with Crippen LogP contribution in [-0.2, 0) is 6.42 Å². The zero-order valence-corrected chi connectivity index (χ0v) is 19.2. The molecule has 1 aliphatic carbocycles. The van der Waals surface area contributed by atoms with Crippen LogP contribution in [0.2, 0.25) is 0 Å². The molecule has 2 aliphatic rings. The van der Waals surface area contributed by atoms with E-state index >= 15 is 0 Å². The fourth-order valence-corrected chi connectivity index (χ4v) is 5.53. The van der Waals surface area contributed by atoms with Gasteiger partial charge in [0.15, 0.2) is 0 Å². The Hall–Kier alpha value is -1.19. The fraction of sp³-hybridized carbons (Fsp3) is 0.680. The summed E-state index contributed by atoms with van der Waals surface area (Å²) in [5.74, 6) is 2.98. The molecule has 0 spiro atoms. The van der Waals surface area contributed by atoms with Crippen LogP contribution in [0.3, 0.4) is 0 Å². The Morgan fingerprint density at radius 2 is 1.69 bits per heavy atom. The van der Waals surface area contributed by atoms with Gasteiger partial charge in [0.1, 0.15) is 5.75 Å². The molecule has 2 heterocycles. The number of H-pyrrole nitrogens is 1. The Bertz CT molecular complexity index is 758. The Morgan fingerprint density at radius 3 is 2.38 bits per heavy atom. The summed E-state index contributed by atoms with van der Waals surface area (Å²) in [5.41, 5.74) is 4.01. The van der Waals surface area contributed by atoms with Crippen LogP contribution in [0.5, 0.6) is 5.75 Å². The lowest BCUT2D eigenvalue weighted by Crippen LogP contribution is -2.35. The number of rotatable bonds is 7. The number of hydrogen-bond acceptors (Lipinski definition) is 2. The number of aromatic amines is 1. The molecule has 0 atom stereocenters. The first-order valence-electron chi connectivity index (χ1n) is 11.6. The van der Waals surface area contributed by atoms with Crippen LogP contribution >= 0.6 is 12.4 Å². The van der Waals surface area contributed by atoms with Crippen LogP contribution < -0.4 is 4.74 Å². The molecule has 2 aromatic rings. The molecule has 1 N–H and O–H groups in total. The minimum Gasteiger partial charge on any atom is -0.497 e.